The molecule has 1 saturated heterocycles. The van der Waals surface area contributed by atoms with Crippen molar-refractivity contribution in [2.75, 3.05) is 11.4 Å². The Morgan fingerprint density at radius 3 is 2.89 bits per heavy atom. The molecule has 1 heterocycles. The molecule has 0 amide bonds. The summed E-state index contributed by atoms with van der Waals surface area (Å²) in [6.07, 6.45) is 3.17. The summed E-state index contributed by atoms with van der Waals surface area (Å²) in [5, 5.41) is 11.2. The van der Waals surface area contributed by atoms with Crippen LogP contribution in [0.25, 0.3) is 0 Å². The summed E-state index contributed by atoms with van der Waals surface area (Å²) < 4.78 is 0.719. The summed E-state index contributed by atoms with van der Waals surface area (Å²) >= 11 is 3.29. The van der Waals surface area contributed by atoms with Crippen LogP contribution in [0.1, 0.15) is 26.2 Å². The fourth-order valence-corrected chi connectivity index (χ4v) is 3.16. The fraction of sp³-hybridized carbons (Fsp3) is 0.538. The Hall–Kier alpha value is -1.14. The Balaban J connectivity index is 2.46. The second-order valence-corrected chi connectivity index (χ2v) is 5.88. The van der Waals surface area contributed by atoms with Gasteiger partial charge in [-0.25, -0.2) is 0 Å². The third-order valence-corrected chi connectivity index (χ3v) is 4.21. The lowest BCUT2D eigenvalue weighted by atomic mass is 9.95. The number of hydrogen-bond donors (Lipinski definition) is 1. The Morgan fingerprint density at radius 2 is 2.26 bits per heavy atom. The van der Waals surface area contributed by atoms with E-state index < -0.39 is 0 Å². The van der Waals surface area contributed by atoms with Crippen molar-refractivity contribution in [2.45, 2.75) is 38.3 Å². The maximum absolute atomic E-state index is 11.2. The van der Waals surface area contributed by atoms with Crippen molar-refractivity contribution >= 4 is 27.3 Å². The minimum Gasteiger partial charge on any atom is -0.359 e. The molecule has 0 aromatic heterocycles. The number of anilines is 1. The molecule has 1 aliphatic rings. The minimum absolute atomic E-state index is 0.140. The Kier molecular flexibility index (Phi) is 4.42. The molecule has 0 radical (unpaired) electrons. The van der Waals surface area contributed by atoms with Crippen LogP contribution in [-0.2, 0) is 0 Å². The van der Waals surface area contributed by atoms with Gasteiger partial charge >= 0.3 is 0 Å². The highest BCUT2D eigenvalue weighted by Crippen LogP contribution is 2.36. The van der Waals surface area contributed by atoms with E-state index in [0.29, 0.717) is 12.2 Å². The number of nitrogens with two attached hydrogens (primary N) is 1. The molecule has 104 valence electrons. The molecule has 1 aromatic carbocycles. The van der Waals surface area contributed by atoms with Gasteiger partial charge in [0.2, 0.25) is 0 Å². The average Bonchev–Trinajstić information content (AvgIpc) is 2.38. The normalized spacial score (nSPS) is 23.4. The van der Waals surface area contributed by atoms with Crippen LogP contribution in [0.4, 0.5) is 11.4 Å². The number of nitro groups is 1. The van der Waals surface area contributed by atoms with Gasteiger partial charge in [-0.1, -0.05) is 15.9 Å². The van der Waals surface area contributed by atoms with Gasteiger partial charge in [-0.3, -0.25) is 10.1 Å². The van der Waals surface area contributed by atoms with Crippen LogP contribution in [0.3, 0.4) is 0 Å². The molecule has 2 atom stereocenters. The summed E-state index contributed by atoms with van der Waals surface area (Å²) in [6, 6.07) is 5.68. The number of nitro benzene ring substituents is 1. The zero-order chi connectivity index (χ0) is 14.0. The Morgan fingerprint density at radius 1 is 1.53 bits per heavy atom. The van der Waals surface area contributed by atoms with E-state index in [2.05, 4.69) is 27.8 Å². The first-order valence-electron chi connectivity index (χ1n) is 6.47. The maximum atomic E-state index is 11.2. The molecule has 0 spiro atoms. The number of nitrogens with zero attached hydrogens (tertiary/aromatic N) is 2. The molecule has 0 aliphatic carbocycles. The molecule has 19 heavy (non-hydrogen) atoms. The van der Waals surface area contributed by atoms with E-state index in [1.807, 2.05) is 12.1 Å². The van der Waals surface area contributed by atoms with Crippen molar-refractivity contribution < 1.29 is 4.92 Å². The summed E-state index contributed by atoms with van der Waals surface area (Å²) in [5.74, 6) is 0. The van der Waals surface area contributed by atoms with Crippen LogP contribution >= 0.6 is 15.9 Å². The molecule has 2 N–H and O–H groups in total. The van der Waals surface area contributed by atoms with Gasteiger partial charge in [0, 0.05) is 29.2 Å². The molecule has 0 saturated carbocycles. The van der Waals surface area contributed by atoms with Crippen molar-refractivity contribution in [1.29, 1.82) is 0 Å². The minimum atomic E-state index is -0.324. The van der Waals surface area contributed by atoms with Crippen LogP contribution in [0.2, 0.25) is 0 Å². The topological polar surface area (TPSA) is 72.4 Å². The predicted octanol–water partition coefficient (Wildman–Crippen LogP) is 3.06. The van der Waals surface area contributed by atoms with Gasteiger partial charge in [0.25, 0.3) is 5.69 Å². The van der Waals surface area contributed by atoms with Gasteiger partial charge < -0.3 is 10.6 Å². The van der Waals surface area contributed by atoms with Gasteiger partial charge in [-0.15, -0.1) is 0 Å². The van der Waals surface area contributed by atoms with Gasteiger partial charge in [-0.05, 0) is 38.3 Å². The van der Waals surface area contributed by atoms with Crippen LogP contribution in [-0.4, -0.2) is 23.6 Å². The predicted molar refractivity (Wildman–Crippen MR) is 79.4 cm³/mol. The first-order chi connectivity index (χ1) is 9.04. The highest BCUT2D eigenvalue weighted by Gasteiger charge is 2.31. The van der Waals surface area contributed by atoms with E-state index in [1.54, 1.807) is 6.07 Å². The van der Waals surface area contributed by atoms with Gasteiger partial charge in [0.05, 0.1) is 4.92 Å². The van der Waals surface area contributed by atoms with Gasteiger partial charge in [0.1, 0.15) is 5.69 Å². The van der Waals surface area contributed by atoms with Crippen molar-refractivity contribution in [2.24, 2.45) is 5.73 Å². The molecular formula is C13H18BrN3O2. The summed E-state index contributed by atoms with van der Waals surface area (Å²) in [7, 11) is 0. The van der Waals surface area contributed by atoms with Crippen LogP contribution < -0.4 is 10.6 Å². The lowest BCUT2D eigenvalue weighted by molar-refractivity contribution is -0.384. The van der Waals surface area contributed by atoms with E-state index >= 15 is 0 Å². The van der Waals surface area contributed by atoms with Crippen molar-refractivity contribution in [3.05, 3.63) is 32.8 Å². The van der Waals surface area contributed by atoms with Crippen LogP contribution in [0.15, 0.2) is 22.7 Å². The largest absolute Gasteiger partial charge is 0.359 e. The van der Waals surface area contributed by atoms with E-state index in [1.165, 1.54) is 0 Å². The van der Waals surface area contributed by atoms with Crippen molar-refractivity contribution in [3.63, 3.8) is 0 Å². The first-order valence-corrected chi connectivity index (χ1v) is 7.26. The second kappa shape index (κ2) is 5.88. The van der Waals surface area contributed by atoms with Crippen LogP contribution in [0, 0.1) is 10.1 Å². The highest BCUT2D eigenvalue weighted by atomic mass is 79.9. The molecule has 1 aromatic rings. The Labute approximate surface area is 121 Å². The molecular weight excluding hydrogens is 310 g/mol. The zero-order valence-electron chi connectivity index (χ0n) is 10.9. The molecule has 2 rings (SSSR count). The van der Waals surface area contributed by atoms with Gasteiger partial charge in [-0.2, -0.15) is 0 Å². The lowest BCUT2D eigenvalue weighted by Crippen LogP contribution is -2.49. The van der Waals surface area contributed by atoms with E-state index in [4.69, 9.17) is 5.73 Å². The second-order valence-electron chi connectivity index (χ2n) is 4.97. The van der Waals surface area contributed by atoms with Crippen LogP contribution in [0.5, 0.6) is 0 Å². The number of rotatable bonds is 3. The number of hydrogen-bond acceptors (Lipinski definition) is 4. The summed E-state index contributed by atoms with van der Waals surface area (Å²) in [5.41, 5.74) is 6.65. The molecule has 6 heteroatoms. The number of piperidine rings is 1. The van der Waals surface area contributed by atoms with E-state index in [9.17, 15) is 10.1 Å². The smallest absolute Gasteiger partial charge is 0.293 e. The monoisotopic (exact) mass is 327 g/mol. The average molecular weight is 328 g/mol. The zero-order valence-corrected chi connectivity index (χ0v) is 12.5. The van der Waals surface area contributed by atoms with Crippen molar-refractivity contribution in [1.82, 2.24) is 0 Å². The molecule has 1 fully saturated rings. The van der Waals surface area contributed by atoms with Gasteiger partial charge in [0.15, 0.2) is 0 Å². The summed E-state index contributed by atoms with van der Waals surface area (Å²) in [6.45, 7) is 2.63. The Bertz CT molecular complexity index is 481. The maximum Gasteiger partial charge on any atom is 0.293 e. The van der Waals surface area contributed by atoms with E-state index in [0.717, 1.165) is 23.7 Å². The number of benzene rings is 1. The fourth-order valence-electron chi connectivity index (χ4n) is 2.81. The molecule has 0 bridgehead atoms. The first kappa shape index (κ1) is 14.3. The van der Waals surface area contributed by atoms with E-state index in [-0.39, 0.29) is 22.7 Å². The van der Waals surface area contributed by atoms with Crippen molar-refractivity contribution in [3.8, 4) is 0 Å². The quantitative estimate of drug-likeness (QED) is 0.684. The molecule has 1 aliphatic heterocycles. The highest BCUT2D eigenvalue weighted by molar-refractivity contribution is 9.10. The number of halogens is 1. The summed E-state index contributed by atoms with van der Waals surface area (Å²) in [4.78, 5) is 13.0. The molecule has 2 unspecified atom stereocenters. The lowest BCUT2D eigenvalue weighted by Gasteiger charge is -2.41. The SMILES string of the molecule is CC1CCCC(CN)N1c1ccc(Br)cc1[N+](=O)[O-]. The standard InChI is InChI=1S/C13H18BrN3O2/c1-9-3-2-4-11(8-15)16(9)12-6-5-10(14)7-13(12)17(18)19/h5-7,9,11H,2-4,8,15H2,1H3. The third-order valence-electron chi connectivity index (χ3n) is 3.71. The third kappa shape index (κ3) is 2.90. The molecule has 5 nitrogen and oxygen atoms in total.